The molecule has 31 heavy (non-hydrogen) atoms. The number of ether oxygens (including phenoxy) is 2. The summed E-state index contributed by atoms with van der Waals surface area (Å²) in [7, 11) is 0. The summed E-state index contributed by atoms with van der Waals surface area (Å²) in [5.74, 6) is 0.601. The highest BCUT2D eigenvalue weighted by Gasteiger charge is 2.25. The van der Waals surface area contributed by atoms with E-state index < -0.39 is 5.97 Å². The van der Waals surface area contributed by atoms with E-state index in [1.54, 1.807) is 30.3 Å². The average Bonchev–Trinajstić information content (AvgIpc) is 3.14. The highest BCUT2D eigenvalue weighted by molar-refractivity contribution is 6.30. The molecule has 5 rings (SSSR count). The van der Waals surface area contributed by atoms with E-state index in [1.807, 2.05) is 19.1 Å². The van der Waals surface area contributed by atoms with Crippen LogP contribution in [0.15, 0.2) is 59.2 Å². The van der Waals surface area contributed by atoms with E-state index in [9.17, 15) is 4.79 Å². The predicted molar refractivity (Wildman–Crippen MR) is 122 cm³/mol. The van der Waals surface area contributed by atoms with Crippen LogP contribution >= 0.6 is 11.6 Å². The summed E-state index contributed by atoms with van der Waals surface area (Å²) in [4.78, 5) is 24.1. The summed E-state index contributed by atoms with van der Waals surface area (Å²) in [5, 5.41) is 1.61. The van der Waals surface area contributed by atoms with Crippen LogP contribution in [0.25, 0.3) is 17.0 Å². The molecule has 0 amide bonds. The minimum Gasteiger partial charge on any atom is -0.402 e. The molecular weight excluding hydrogens is 414 g/mol. The van der Waals surface area contributed by atoms with Crippen molar-refractivity contribution in [1.82, 2.24) is 4.98 Å². The lowest BCUT2D eigenvalue weighted by Crippen LogP contribution is -2.37. The van der Waals surface area contributed by atoms with E-state index in [0.29, 0.717) is 23.8 Å². The zero-order chi connectivity index (χ0) is 21.4. The molecule has 0 spiro atoms. The molecular formula is C24H20ClN3O3. The lowest BCUT2D eigenvalue weighted by Gasteiger charge is -2.29. The number of aromatic nitrogens is 1. The molecule has 6 nitrogen and oxygen atoms in total. The summed E-state index contributed by atoms with van der Waals surface area (Å²) >= 11 is 5.95. The Balaban J connectivity index is 1.59. The van der Waals surface area contributed by atoms with Crippen LogP contribution in [0.2, 0.25) is 5.02 Å². The number of cyclic esters (lactones) is 1. The second kappa shape index (κ2) is 8.13. The third-order valence-corrected chi connectivity index (χ3v) is 5.55. The fourth-order valence-electron chi connectivity index (χ4n) is 3.69. The fourth-order valence-corrected chi connectivity index (χ4v) is 3.82. The Labute approximate surface area is 184 Å². The molecule has 2 aliphatic heterocycles. The second-order valence-corrected chi connectivity index (χ2v) is 7.98. The van der Waals surface area contributed by atoms with Crippen molar-refractivity contribution in [2.45, 2.75) is 6.92 Å². The zero-order valence-electron chi connectivity index (χ0n) is 17.0. The number of rotatable bonds is 3. The molecule has 2 aromatic carbocycles. The molecule has 7 heteroatoms. The number of esters is 1. The quantitative estimate of drug-likeness (QED) is 0.453. The van der Waals surface area contributed by atoms with Crippen molar-refractivity contribution < 1.29 is 14.3 Å². The number of carbonyl (C=O) groups is 1. The highest BCUT2D eigenvalue weighted by Crippen LogP contribution is 2.29. The van der Waals surface area contributed by atoms with Crippen molar-refractivity contribution in [2.24, 2.45) is 4.99 Å². The molecule has 1 aromatic heterocycles. The first-order chi connectivity index (χ1) is 15.1. The van der Waals surface area contributed by atoms with Crippen molar-refractivity contribution in [3.8, 4) is 0 Å². The number of benzene rings is 2. The topological polar surface area (TPSA) is 64.0 Å². The Morgan fingerprint density at radius 3 is 2.61 bits per heavy atom. The maximum Gasteiger partial charge on any atom is 0.363 e. The first-order valence-electron chi connectivity index (χ1n) is 10.1. The first-order valence-corrected chi connectivity index (χ1v) is 10.5. The van der Waals surface area contributed by atoms with Crippen molar-refractivity contribution in [2.75, 3.05) is 31.2 Å². The van der Waals surface area contributed by atoms with Gasteiger partial charge in [-0.1, -0.05) is 23.7 Å². The summed E-state index contributed by atoms with van der Waals surface area (Å²) in [6.07, 6.45) is 1.75. The molecule has 2 aliphatic rings. The van der Waals surface area contributed by atoms with Gasteiger partial charge in [0.25, 0.3) is 0 Å². The minimum atomic E-state index is -0.484. The van der Waals surface area contributed by atoms with Crippen LogP contribution in [-0.2, 0) is 14.3 Å². The van der Waals surface area contributed by atoms with Crippen LogP contribution < -0.4 is 4.90 Å². The van der Waals surface area contributed by atoms with Gasteiger partial charge in [0.05, 0.1) is 18.7 Å². The van der Waals surface area contributed by atoms with Gasteiger partial charge in [0.1, 0.15) is 5.82 Å². The molecule has 1 fully saturated rings. The SMILES string of the molecule is Cc1ccc2cc(C=C3N=C(c4ccc(Cl)cc4)OC3=O)c(N3CCOCC3)nc2c1. The molecule has 0 aliphatic carbocycles. The smallest absolute Gasteiger partial charge is 0.363 e. The van der Waals surface area contributed by atoms with E-state index in [4.69, 9.17) is 26.1 Å². The van der Waals surface area contributed by atoms with E-state index >= 15 is 0 Å². The van der Waals surface area contributed by atoms with Crippen molar-refractivity contribution in [3.05, 3.63) is 75.9 Å². The number of hydrogen-bond acceptors (Lipinski definition) is 6. The van der Waals surface area contributed by atoms with Gasteiger partial charge < -0.3 is 14.4 Å². The zero-order valence-corrected chi connectivity index (χ0v) is 17.7. The Kier molecular flexibility index (Phi) is 5.18. The molecule has 0 N–H and O–H groups in total. The number of nitrogens with zero attached hydrogens (tertiary/aromatic N) is 3. The molecule has 0 unspecified atom stereocenters. The lowest BCUT2D eigenvalue weighted by molar-refractivity contribution is -0.129. The largest absolute Gasteiger partial charge is 0.402 e. The fraction of sp³-hybridized carbons (Fsp3) is 0.208. The van der Waals surface area contributed by atoms with Gasteiger partial charge in [0.2, 0.25) is 5.90 Å². The molecule has 3 heterocycles. The van der Waals surface area contributed by atoms with Crippen LogP contribution in [0, 0.1) is 6.92 Å². The van der Waals surface area contributed by atoms with Crippen LogP contribution in [0.1, 0.15) is 16.7 Å². The normalized spacial score (nSPS) is 17.9. The van der Waals surface area contributed by atoms with Gasteiger partial charge >= 0.3 is 5.97 Å². The van der Waals surface area contributed by atoms with E-state index in [2.05, 4.69) is 22.0 Å². The number of morpholine rings is 1. The lowest BCUT2D eigenvalue weighted by atomic mass is 10.1. The van der Waals surface area contributed by atoms with Gasteiger partial charge in [-0.05, 0) is 55.0 Å². The van der Waals surface area contributed by atoms with Crippen molar-refractivity contribution >= 4 is 46.3 Å². The predicted octanol–water partition coefficient (Wildman–Crippen LogP) is 4.38. The number of hydrogen-bond donors (Lipinski definition) is 0. The monoisotopic (exact) mass is 433 g/mol. The van der Waals surface area contributed by atoms with Gasteiger partial charge in [-0.25, -0.2) is 14.8 Å². The van der Waals surface area contributed by atoms with Crippen LogP contribution in [0.4, 0.5) is 5.82 Å². The summed E-state index contributed by atoms with van der Waals surface area (Å²) in [6.45, 7) is 4.82. The second-order valence-electron chi connectivity index (χ2n) is 7.54. The highest BCUT2D eigenvalue weighted by atomic mass is 35.5. The number of aliphatic imine (C=N–C) groups is 1. The van der Waals surface area contributed by atoms with Gasteiger partial charge in [-0.2, -0.15) is 0 Å². The van der Waals surface area contributed by atoms with Gasteiger partial charge in [-0.15, -0.1) is 0 Å². The summed E-state index contributed by atoms with van der Waals surface area (Å²) < 4.78 is 10.9. The number of halogens is 1. The molecule has 0 bridgehead atoms. The van der Waals surface area contributed by atoms with E-state index in [1.165, 1.54) is 0 Å². The number of fused-ring (bicyclic) bond motifs is 1. The molecule has 3 aromatic rings. The average molecular weight is 434 g/mol. The van der Waals surface area contributed by atoms with Gasteiger partial charge in [-0.3, -0.25) is 0 Å². The molecule has 1 saturated heterocycles. The van der Waals surface area contributed by atoms with E-state index in [0.717, 1.165) is 40.9 Å². The third-order valence-electron chi connectivity index (χ3n) is 5.30. The Morgan fingerprint density at radius 2 is 1.84 bits per heavy atom. The number of pyridine rings is 1. The molecule has 0 saturated carbocycles. The van der Waals surface area contributed by atoms with Crippen molar-refractivity contribution in [3.63, 3.8) is 0 Å². The first kappa shape index (κ1) is 19.7. The number of anilines is 1. The van der Waals surface area contributed by atoms with E-state index in [-0.39, 0.29) is 11.6 Å². The third kappa shape index (κ3) is 4.04. The van der Waals surface area contributed by atoms with Gasteiger partial charge in [0, 0.05) is 34.6 Å². The van der Waals surface area contributed by atoms with Gasteiger partial charge in [0.15, 0.2) is 5.70 Å². The van der Waals surface area contributed by atoms with Crippen LogP contribution in [0.3, 0.4) is 0 Å². The standard InChI is InChI=1S/C24H20ClN3O3/c1-15-2-3-17-13-18(22(26-20(17)12-15)28-8-10-30-11-9-28)14-21-24(29)31-23(27-21)16-4-6-19(25)7-5-16/h2-7,12-14H,8-11H2,1H3. The summed E-state index contributed by atoms with van der Waals surface area (Å²) in [5.41, 5.74) is 3.83. The molecule has 0 radical (unpaired) electrons. The Hall–Kier alpha value is -3.22. The minimum absolute atomic E-state index is 0.243. The molecule has 0 atom stereocenters. The molecule has 156 valence electrons. The number of carbonyl (C=O) groups excluding carboxylic acids is 1. The maximum absolute atomic E-state index is 12.5. The maximum atomic E-state index is 12.5. The Morgan fingerprint density at radius 1 is 1.06 bits per heavy atom. The van der Waals surface area contributed by atoms with Crippen LogP contribution in [-0.4, -0.2) is 43.2 Å². The Bertz CT molecular complexity index is 1230. The van der Waals surface area contributed by atoms with Crippen LogP contribution in [0.5, 0.6) is 0 Å². The van der Waals surface area contributed by atoms with Crippen molar-refractivity contribution in [1.29, 1.82) is 0 Å². The number of aryl methyl sites for hydroxylation is 1. The summed E-state index contributed by atoms with van der Waals surface area (Å²) in [6, 6.07) is 15.2.